The second-order valence-electron chi connectivity index (χ2n) is 7.62. The maximum absolute atomic E-state index is 13.2. The lowest BCUT2D eigenvalue weighted by molar-refractivity contribution is -0.118. The summed E-state index contributed by atoms with van der Waals surface area (Å²) in [5.41, 5.74) is 1.76. The first-order chi connectivity index (χ1) is 16.1. The zero-order valence-corrected chi connectivity index (χ0v) is 19.3. The summed E-state index contributed by atoms with van der Waals surface area (Å²) in [6.07, 6.45) is 1.58. The van der Waals surface area contributed by atoms with E-state index in [1.807, 2.05) is 59.5 Å². The fourth-order valence-corrected chi connectivity index (χ4v) is 4.57. The first-order valence-corrected chi connectivity index (χ1v) is 11.8. The van der Waals surface area contributed by atoms with Crippen LogP contribution in [0.5, 0.6) is 5.75 Å². The molecule has 2 heterocycles. The highest BCUT2D eigenvalue weighted by molar-refractivity contribution is 8.00. The van der Waals surface area contributed by atoms with Crippen molar-refractivity contribution in [3.63, 3.8) is 0 Å². The quantitative estimate of drug-likeness (QED) is 0.512. The Hall–Kier alpha value is -3.39. The lowest BCUT2D eigenvalue weighted by atomic mass is 10.1. The van der Waals surface area contributed by atoms with Gasteiger partial charge in [-0.05, 0) is 48.5 Å². The molecule has 0 radical (unpaired) electrons. The van der Waals surface area contributed by atoms with Crippen LogP contribution in [0.4, 0.5) is 5.69 Å². The third-order valence-electron chi connectivity index (χ3n) is 5.52. The van der Waals surface area contributed by atoms with Crippen molar-refractivity contribution in [1.82, 2.24) is 10.2 Å². The van der Waals surface area contributed by atoms with E-state index in [9.17, 15) is 9.59 Å². The number of anilines is 1. The molecule has 8 heteroatoms. The minimum Gasteiger partial charge on any atom is -0.497 e. The van der Waals surface area contributed by atoms with Crippen molar-refractivity contribution in [3.8, 4) is 5.75 Å². The molecule has 0 spiro atoms. The number of nitrogens with one attached hydrogen (secondary N) is 1. The molecular formula is C25H27N3O4S. The van der Waals surface area contributed by atoms with Gasteiger partial charge in [-0.2, -0.15) is 0 Å². The Morgan fingerprint density at radius 3 is 2.45 bits per heavy atom. The zero-order valence-electron chi connectivity index (χ0n) is 18.5. The van der Waals surface area contributed by atoms with Gasteiger partial charge < -0.3 is 24.3 Å². The Morgan fingerprint density at radius 1 is 1.00 bits per heavy atom. The van der Waals surface area contributed by atoms with Crippen molar-refractivity contribution < 1.29 is 18.7 Å². The van der Waals surface area contributed by atoms with E-state index < -0.39 is 0 Å². The van der Waals surface area contributed by atoms with Gasteiger partial charge in [0.25, 0.3) is 5.91 Å². The predicted molar refractivity (Wildman–Crippen MR) is 129 cm³/mol. The van der Waals surface area contributed by atoms with Crippen molar-refractivity contribution in [2.45, 2.75) is 11.4 Å². The maximum Gasteiger partial charge on any atom is 0.255 e. The molecule has 1 aromatic heterocycles. The molecule has 0 aliphatic carbocycles. The third kappa shape index (κ3) is 5.90. The molecular weight excluding hydrogens is 438 g/mol. The maximum atomic E-state index is 13.2. The van der Waals surface area contributed by atoms with Gasteiger partial charge >= 0.3 is 0 Å². The van der Waals surface area contributed by atoms with Crippen LogP contribution in [0, 0.1) is 0 Å². The highest BCUT2D eigenvalue weighted by atomic mass is 32.2. The summed E-state index contributed by atoms with van der Waals surface area (Å²) in [7, 11) is 1.66. The number of hydrogen-bond donors (Lipinski definition) is 1. The van der Waals surface area contributed by atoms with E-state index in [-0.39, 0.29) is 17.6 Å². The molecule has 1 saturated heterocycles. The van der Waals surface area contributed by atoms with Crippen molar-refractivity contribution >= 4 is 29.3 Å². The van der Waals surface area contributed by atoms with Crippen LogP contribution < -0.4 is 15.0 Å². The summed E-state index contributed by atoms with van der Waals surface area (Å²) < 4.78 is 10.5. The molecule has 0 atom stereocenters. The summed E-state index contributed by atoms with van der Waals surface area (Å²) in [6, 6.07) is 19.1. The molecule has 3 aromatic rings. The van der Waals surface area contributed by atoms with Gasteiger partial charge in [-0.15, -0.1) is 11.8 Å². The number of furan rings is 1. The molecule has 2 amide bonds. The number of amides is 2. The summed E-state index contributed by atoms with van der Waals surface area (Å²) in [4.78, 5) is 30.4. The number of piperazine rings is 1. The summed E-state index contributed by atoms with van der Waals surface area (Å²) in [5, 5.41) is 2.83. The fourth-order valence-electron chi connectivity index (χ4n) is 3.69. The molecule has 1 aliphatic rings. The van der Waals surface area contributed by atoms with Crippen molar-refractivity contribution in [1.29, 1.82) is 0 Å². The number of carbonyl (C=O) groups is 2. The van der Waals surface area contributed by atoms with Crippen LogP contribution in [0.2, 0.25) is 0 Å². The van der Waals surface area contributed by atoms with Crippen LogP contribution in [0.15, 0.2) is 76.2 Å². The molecule has 1 aliphatic heterocycles. The highest BCUT2D eigenvalue weighted by Gasteiger charge is 2.24. The van der Waals surface area contributed by atoms with Gasteiger partial charge in [0.1, 0.15) is 11.5 Å². The Labute approximate surface area is 197 Å². The second-order valence-corrected chi connectivity index (χ2v) is 8.64. The Bertz CT molecular complexity index is 1060. The van der Waals surface area contributed by atoms with Crippen molar-refractivity contribution in [3.05, 3.63) is 78.3 Å². The lowest BCUT2D eigenvalue weighted by Gasteiger charge is -2.36. The molecule has 0 saturated carbocycles. The van der Waals surface area contributed by atoms with Crippen LogP contribution in [0.3, 0.4) is 0 Å². The van der Waals surface area contributed by atoms with Crippen LogP contribution in [0.1, 0.15) is 16.1 Å². The Kier molecular flexibility index (Phi) is 7.57. The molecule has 1 fully saturated rings. The molecule has 0 unspecified atom stereocenters. The minimum absolute atomic E-state index is 0.00322. The second kappa shape index (κ2) is 11.0. The van der Waals surface area contributed by atoms with E-state index in [1.165, 1.54) is 11.8 Å². The minimum atomic E-state index is -0.105. The summed E-state index contributed by atoms with van der Waals surface area (Å²) >= 11 is 1.37. The topological polar surface area (TPSA) is 75.0 Å². The van der Waals surface area contributed by atoms with E-state index in [4.69, 9.17) is 9.15 Å². The van der Waals surface area contributed by atoms with E-state index in [2.05, 4.69) is 10.2 Å². The average molecular weight is 466 g/mol. The zero-order chi connectivity index (χ0) is 23.0. The Morgan fingerprint density at radius 2 is 1.76 bits per heavy atom. The molecule has 0 bridgehead atoms. The van der Waals surface area contributed by atoms with Gasteiger partial charge in [0.15, 0.2) is 0 Å². The van der Waals surface area contributed by atoms with Crippen molar-refractivity contribution in [2.75, 3.05) is 43.9 Å². The van der Waals surface area contributed by atoms with E-state index >= 15 is 0 Å². The predicted octanol–water partition coefficient (Wildman–Crippen LogP) is 3.66. The number of rotatable bonds is 8. The van der Waals surface area contributed by atoms with Gasteiger partial charge in [0.05, 0.1) is 31.2 Å². The molecule has 7 nitrogen and oxygen atoms in total. The first kappa shape index (κ1) is 22.8. The summed E-state index contributed by atoms with van der Waals surface area (Å²) in [5.74, 6) is 1.67. The SMILES string of the molecule is COc1ccc(N2CCN(C(=O)c3ccccc3SCC(=O)NCc3ccco3)CC2)cc1. The molecule has 2 aromatic carbocycles. The van der Waals surface area contributed by atoms with Gasteiger partial charge in [0, 0.05) is 36.8 Å². The van der Waals surface area contributed by atoms with Gasteiger partial charge in [-0.1, -0.05) is 12.1 Å². The Balaban J connectivity index is 1.31. The number of carbonyl (C=O) groups excluding carboxylic acids is 2. The number of benzene rings is 2. The molecule has 33 heavy (non-hydrogen) atoms. The van der Waals surface area contributed by atoms with Crippen LogP contribution in [0.25, 0.3) is 0 Å². The molecule has 172 valence electrons. The smallest absolute Gasteiger partial charge is 0.255 e. The highest BCUT2D eigenvalue weighted by Crippen LogP contribution is 2.25. The van der Waals surface area contributed by atoms with E-state index in [1.54, 1.807) is 19.4 Å². The van der Waals surface area contributed by atoms with Gasteiger partial charge in [-0.25, -0.2) is 0 Å². The fraction of sp³-hybridized carbons (Fsp3) is 0.280. The standard InChI is InChI=1S/C25H27N3O4S/c1-31-20-10-8-19(9-11-20)27-12-14-28(15-13-27)25(30)22-6-2-3-7-23(22)33-18-24(29)26-17-21-5-4-16-32-21/h2-11,16H,12-15,17-18H2,1H3,(H,26,29). The number of hydrogen-bond acceptors (Lipinski definition) is 6. The number of ether oxygens (including phenoxy) is 1. The largest absolute Gasteiger partial charge is 0.497 e. The normalized spacial score (nSPS) is 13.6. The summed E-state index contributed by atoms with van der Waals surface area (Å²) in [6.45, 7) is 3.18. The monoisotopic (exact) mass is 465 g/mol. The molecule has 4 rings (SSSR count). The lowest BCUT2D eigenvalue weighted by Crippen LogP contribution is -2.48. The van der Waals surface area contributed by atoms with E-state index in [0.717, 1.165) is 29.4 Å². The first-order valence-electron chi connectivity index (χ1n) is 10.8. The van der Waals surface area contributed by atoms with Crippen LogP contribution in [-0.2, 0) is 11.3 Å². The molecule has 1 N–H and O–H groups in total. The third-order valence-corrected chi connectivity index (χ3v) is 6.59. The van der Waals surface area contributed by atoms with Gasteiger partial charge in [-0.3, -0.25) is 9.59 Å². The van der Waals surface area contributed by atoms with Crippen LogP contribution >= 0.6 is 11.8 Å². The number of thioether (sulfide) groups is 1. The number of nitrogens with zero attached hydrogens (tertiary/aromatic N) is 2. The van der Waals surface area contributed by atoms with Crippen LogP contribution in [-0.4, -0.2) is 55.8 Å². The van der Waals surface area contributed by atoms with Gasteiger partial charge in [0.2, 0.25) is 5.91 Å². The van der Waals surface area contributed by atoms with Crippen molar-refractivity contribution in [2.24, 2.45) is 0 Å². The number of methoxy groups -OCH3 is 1. The average Bonchev–Trinajstić information content (AvgIpc) is 3.40. The van der Waals surface area contributed by atoms with E-state index in [0.29, 0.717) is 31.0 Å².